The zero-order valence-corrected chi connectivity index (χ0v) is 30.2. The van der Waals surface area contributed by atoms with Gasteiger partial charge < -0.3 is 32.0 Å². The fraction of sp³-hybridized carbons (Fsp3) is 0.613. The Bertz CT molecular complexity index is 1590. The normalized spacial score (nSPS) is 23.0. The van der Waals surface area contributed by atoms with E-state index in [9.17, 15) is 13.2 Å². The van der Waals surface area contributed by atoms with Crippen LogP contribution in [0.2, 0.25) is 0 Å². The van der Waals surface area contributed by atoms with Crippen molar-refractivity contribution >= 4 is 76.1 Å². The number of carbonyl (C=O) groups is 1. The zero-order valence-electron chi connectivity index (χ0n) is 27.0. The topological polar surface area (TPSA) is 195 Å². The Morgan fingerprint density at radius 1 is 0.833 bits per heavy atom. The summed E-state index contributed by atoms with van der Waals surface area (Å²) in [5.74, 6) is 0.694. The largest absolute Gasteiger partial charge is 0.367 e. The first-order valence-corrected chi connectivity index (χ1v) is 17.9. The number of amides is 1. The van der Waals surface area contributed by atoms with Crippen LogP contribution in [0.25, 0.3) is 11.2 Å². The van der Waals surface area contributed by atoms with Gasteiger partial charge in [-0.25, -0.2) is 18.1 Å². The van der Waals surface area contributed by atoms with Gasteiger partial charge in [0.15, 0.2) is 17.0 Å². The van der Waals surface area contributed by atoms with Crippen LogP contribution in [-0.4, -0.2) is 71.1 Å². The van der Waals surface area contributed by atoms with E-state index in [1.165, 1.54) is 18.9 Å². The van der Waals surface area contributed by atoms with Crippen molar-refractivity contribution < 1.29 is 13.2 Å². The number of imidazole rings is 1. The van der Waals surface area contributed by atoms with Crippen molar-refractivity contribution in [1.82, 2.24) is 29.6 Å². The number of rotatable bonds is 11. The van der Waals surface area contributed by atoms with Gasteiger partial charge in [-0.05, 0) is 76.3 Å². The van der Waals surface area contributed by atoms with E-state index < -0.39 is 15.9 Å². The van der Waals surface area contributed by atoms with E-state index in [0.717, 1.165) is 69.9 Å². The summed E-state index contributed by atoms with van der Waals surface area (Å²) in [7, 11) is -3.97. The second kappa shape index (κ2) is 18.0. The minimum atomic E-state index is -3.97. The maximum absolute atomic E-state index is 13.4. The summed E-state index contributed by atoms with van der Waals surface area (Å²) >= 11 is 0. The van der Waals surface area contributed by atoms with Crippen LogP contribution in [0.5, 0.6) is 0 Å². The molecule has 2 aromatic heterocycles. The second-order valence-electron chi connectivity index (χ2n) is 12.8. The van der Waals surface area contributed by atoms with Gasteiger partial charge in [-0.1, -0.05) is 25.0 Å². The number of sulfonamides is 1. The number of nitrogens with zero attached hydrogens (tertiary/aromatic N) is 4. The summed E-state index contributed by atoms with van der Waals surface area (Å²) in [4.78, 5) is 27.4. The molecule has 3 aliphatic carbocycles. The molecule has 1 amide bonds. The number of aromatic nitrogens is 4. The summed E-state index contributed by atoms with van der Waals surface area (Å²) in [6.45, 7) is 0.340. The zero-order chi connectivity index (χ0) is 31.4. The average molecular weight is 748 g/mol. The van der Waals surface area contributed by atoms with Crippen LogP contribution in [-0.2, 0) is 10.0 Å². The molecule has 0 spiro atoms. The molecule has 2 heterocycles. The van der Waals surface area contributed by atoms with Gasteiger partial charge in [0.1, 0.15) is 0 Å². The van der Waals surface area contributed by atoms with E-state index in [2.05, 4.69) is 30.2 Å². The van der Waals surface area contributed by atoms with Crippen LogP contribution >= 0.6 is 37.2 Å². The molecule has 0 radical (unpaired) electrons. The Labute approximate surface area is 301 Å². The number of carbonyl (C=O) groups excluding carboxylic acids is 1. The van der Waals surface area contributed by atoms with Crippen LogP contribution in [0.4, 0.5) is 11.8 Å². The summed E-state index contributed by atoms with van der Waals surface area (Å²) in [5, 5.41) is 9.80. The van der Waals surface area contributed by atoms with Gasteiger partial charge in [-0.2, -0.15) is 9.97 Å². The monoisotopic (exact) mass is 746 g/mol. The molecule has 1 aromatic carbocycles. The molecule has 0 aliphatic heterocycles. The molecule has 13 nitrogen and oxygen atoms in total. The first-order valence-electron chi connectivity index (χ1n) is 16.4. The lowest BCUT2D eigenvalue weighted by atomic mass is 9.91. The van der Waals surface area contributed by atoms with Crippen molar-refractivity contribution in [2.24, 2.45) is 11.5 Å². The van der Waals surface area contributed by atoms with Crippen molar-refractivity contribution in [3.63, 3.8) is 0 Å². The van der Waals surface area contributed by atoms with Crippen LogP contribution in [0.3, 0.4) is 0 Å². The predicted molar refractivity (Wildman–Crippen MR) is 196 cm³/mol. The maximum atomic E-state index is 13.4. The standard InChI is InChI=1S/C31H46N10O3S.3ClH/c32-20-9-13-22(14-10-20)37-30(42)25-7-3-4-8-26(25)45(43,44)36-18-17-34-28-27-29(41(19-35-27)24-5-1-2-6-24)40-31(39-28)38-23-15-11-21(33)12-16-23;;;/h3-4,7-8,19-24,36H,1-2,5-6,9-18,32-33H2,(H,37,42)(H2,34,38,39,40);3*1H/t20?,21-,22?,23-;;;. The van der Waals surface area contributed by atoms with Crippen molar-refractivity contribution in [2.75, 3.05) is 23.7 Å². The van der Waals surface area contributed by atoms with E-state index in [0.29, 0.717) is 23.3 Å². The van der Waals surface area contributed by atoms with Gasteiger partial charge in [-0.15, -0.1) is 37.2 Å². The Balaban J connectivity index is 0.00000208. The minimum Gasteiger partial charge on any atom is -0.367 e. The number of anilines is 2. The molecule has 6 rings (SSSR count). The Morgan fingerprint density at radius 3 is 2.12 bits per heavy atom. The smallest absolute Gasteiger partial charge is 0.252 e. The molecule has 3 aliphatic rings. The van der Waals surface area contributed by atoms with E-state index >= 15 is 0 Å². The number of hydrogen-bond donors (Lipinski definition) is 6. The second-order valence-corrected chi connectivity index (χ2v) is 14.6. The summed E-state index contributed by atoms with van der Waals surface area (Å²) in [6.07, 6.45) is 13.5. The molecule has 268 valence electrons. The minimum absolute atomic E-state index is 0. The number of fused-ring (bicyclic) bond motifs is 1. The molecular weight excluding hydrogens is 699 g/mol. The predicted octanol–water partition coefficient (Wildman–Crippen LogP) is 4.28. The maximum Gasteiger partial charge on any atom is 0.252 e. The third-order valence-corrected chi connectivity index (χ3v) is 11.0. The number of halogens is 3. The molecule has 48 heavy (non-hydrogen) atoms. The van der Waals surface area contributed by atoms with Gasteiger partial charge in [-0.3, -0.25) is 4.79 Å². The molecule has 0 bridgehead atoms. The highest BCUT2D eigenvalue weighted by molar-refractivity contribution is 7.89. The van der Waals surface area contributed by atoms with Crippen molar-refractivity contribution in [1.29, 1.82) is 0 Å². The number of benzene rings is 1. The average Bonchev–Trinajstić information content (AvgIpc) is 3.72. The lowest BCUT2D eigenvalue weighted by Crippen LogP contribution is -2.41. The Hall–Kier alpha value is -2.46. The van der Waals surface area contributed by atoms with Crippen molar-refractivity contribution in [3.8, 4) is 0 Å². The van der Waals surface area contributed by atoms with Crippen molar-refractivity contribution in [3.05, 3.63) is 36.2 Å². The summed E-state index contributed by atoms with van der Waals surface area (Å²) in [6, 6.07) is 7.29. The third kappa shape index (κ3) is 9.61. The molecule has 17 heteroatoms. The number of hydrogen-bond acceptors (Lipinski definition) is 10. The lowest BCUT2D eigenvalue weighted by molar-refractivity contribution is 0.0922. The fourth-order valence-electron chi connectivity index (χ4n) is 6.86. The Morgan fingerprint density at radius 2 is 1.46 bits per heavy atom. The first-order chi connectivity index (χ1) is 21.8. The molecule has 8 N–H and O–H groups in total. The first kappa shape index (κ1) is 40.0. The quantitative estimate of drug-likeness (QED) is 0.154. The third-order valence-electron chi connectivity index (χ3n) is 9.48. The molecule has 3 saturated carbocycles. The van der Waals surface area contributed by atoms with E-state index in [1.54, 1.807) is 18.2 Å². The van der Waals surface area contributed by atoms with Crippen LogP contribution in [0.15, 0.2) is 35.5 Å². The van der Waals surface area contributed by atoms with Crippen LogP contribution in [0.1, 0.15) is 93.4 Å². The lowest BCUT2D eigenvalue weighted by Gasteiger charge is -2.27. The molecular formula is C31H49Cl3N10O3S. The van der Waals surface area contributed by atoms with E-state index in [1.807, 2.05) is 6.33 Å². The Kier molecular flexibility index (Phi) is 15.0. The highest BCUT2D eigenvalue weighted by Crippen LogP contribution is 2.33. The van der Waals surface area contributed by atoms with Crippen LogP contribution in [0, 0.1) is 0 Å². The van der Waals surface area contributed by atoms with Gasteiger partial charge in [0.25, 0.3) is 5.91 Å². The fourth-order valence-corrected chi connectivity index (χ4v) is 8.09. The van der Waals surface area contributed by atoms with Gasteiger partial charge in [0, 0.05) is 43.3 Å². The molecule has 0 saturated heterocycles. The van der Waals surface area contributed by atoms with E-state index in [4.69, 9.17) is 21.4 Å². The number of nitrogens with two attached hydrogens (primary N) is 2. The van der Waals surface area contributed by atoms with Gasteiger partial charge >= 0.3 is 0 Å². The highest BCUT2D eigenvalue weighted by Gasteiger charge is 2.27. The highest BCUT2D eigenvalue weighted by atomic mass is 35.5. The molecule has 0 unspecified atom stereocenters. The SMILES string of the molecule is Cl.Cl.Cl.NC1CCC(NC(=O)c2ccccc2S(=O)(=O)NCCNc2nc(N[C@H]3CC[C@H](N)CC3)nc3c2ncn3C2CCCC2)CC1. The summed E-state index contributed by atoms with van der Waals surface area (Å²) in [5.41, 5.74) is 13.7. The van der Waals surface area contributed by atoms with Crippen molar-refractivity contribution in [2.45, 2.75) is 112 Å². The number of nitrogens with one attached hydrogen (secondary N) is 4. The van der Waals surface area contributed by atoms with Gasteiger partial charge in [0.2, 0.25) is 16.0 Å². The molecule has 0 atom stereocenters. The molecule has 3 aromatic rings. The van der Waals surface area contributed by atoms with Gasteiger partial charge in [0.05, 0.1) is 16.8 Å². The molecule has 3 fully saturated rings. The van der Waals surface area contributed by atoms with E-state index in [-0.39, 0.29) is 84.9 Å². The summed E-state index contributed by atoms with van der Waals surface area (Å²) < 4.78 is 31.5. The van der Waals surface area contributed by atoms with Crippen LogP contribution < -0.4 is 32.1 Å².